The van der Waals surface area contributed by atoms with Crippen LogP contribution in [0.15, 0.2) is 12.3 Å². The second-order valence-corrected chi connectivity index (χ2v) is 4.86. The Kier molecular flexibility index (Phi) is 3.47. The smallest absolute Gasteiger partial charge is 0.274 e. The van der Waals surface area contributed by atoms with E-state index >= 15 is 0 Å². The van der Waals surface area contributed by atoms with Crippen LogP contribution in [0.25, 0.3) is 0 Å². The first-order valence-electron chi connectivity index (χ1n) is 6.12. The highest BCUT2D eigenvalue weighted by molar-refractivity contribution is 5.92. The summed E-state index contributed by atoms with van der Waals surface area (Å²) in [6, 6.07) is 2.05. The number of carbonyl (C=O) groups excluding carboxylic acids is 1. The van der Waals surface area contributed by atoms with Gasteiger partial charge in [0.2, 0.25) is 0 Å². The zero-order valence-electron chi connectivity index (χ0n) is 10.5. The predicted octanol–water partition coefficient (Wildman–Crippen LogP) is 0.619. The number of amides is 1. The molecule has 2 unspecified atom stereocenters. The molecule has 1 aliphatic rings. The Labute approximate surface area is 102 Å². The number of rotatable bonds is 2. The molecule has 2 rings (SSSR count). The van der Waals surface area contributed by atoms with Gasteiger partial charge in [-0.15, -0.1) is 0 Å². The summed E-state index contributed by atoms with van der Waals surface area (Å²) in [5.41, 5.74) is 6.22. The van der Waals surface area contributed by atoms with E-state index in [2.05, 4.69) is 12.0 Å². The fourth-order valence-corrected chi connectivity index (χ4v) is 2.33. The molecule has 0 bridgehead atoms. The monoisotopic (exact) mass is 236 g/mol. The molecule has 0 spiro atoms. The molecule has 2 N–H and O–H groups in total. The first-order chi connectivity index (χ1) is 8.11. The molecule has 1 amide bonds. The van der Waals surface area contributed by atoms with Crippen molar-refractivity contribution in [2.75, 3.05) is 13.1 Å². The van der Waals surface area contributed by atoms with Gasteiger partial charge in [0, 0.05) is 25.8 Å². The lowest BCUT2D eigenvalue weighted by Crippen LogP contribution is -2.47. The van der Waals surface area contributed by atoms with Crippen molar-refractivity contribution < 1.29 is 4.79 Å². The quantitative estimate of drug-likeness (QED) is 0.818. The lowest BCUT2D eigenvalue weighted by molar-refractivity contribution is 0.0560. The first-order valence-corrected chi connectivity index (χ1v) is 6.12. The highest BCUT2D eigenvalue weighted by atomic mass is 16.2. The van der Waals surface area contributed by atoms with E-state index in [-0.39, 0.29) is 11.9 Å². The normalized spacial score (nSPS) is 25.0. The number of nitrogens with zero attached hydrogens (tertiary/aromatic N) is 3. The first kappa shape index (κ1) is 12.1. The molecule has 5 nitrogen and oxygen atoms in total. The third kappa shape index (κ3) is 2.49. The Morgan fingerprint density at radius 1 is 1.59 bits per heavy atom. The largest absolute Gasteiger partial charge is 0.334 e. The summed E-state index contributed by atoms with van der Waals surface area (Å²) >= 11 is 0. The third-order valence-electron chi connectivity index (χ3n) is 3.51. The zero-order chi connectivity index (χ0) is 12.4. The number of hydrogen-bond acceptors (Lipinski definition) is 3. The number of likely N-dealkylation sites (tertiary alicyclic amines) is 1. The van der Waals surface area contributed by atoms with Gasteiger partial charge in [0.1, 0.15) is 5.69 Å². The van der Waals surface area contributed by atoms with E-state index in [0.717, 1.165) is 19.4 Å². The summed E-state index contributed by atoms with van der Waals surface area (Å²) < 4.78 is 1.66. The Balaban J connectivity index is 2.12. The standard InChI is InChI=1S/C12H20N4O/c1-9-3-4-10(7-13)8-16(9)12(17)11-5-6-15(2)14-11/h5-6,9-10H,3-4,7-8,13H2,1-2H3. The molecule has 1 saturated heterocycles. The average Bonchev–Trinajstić information content (AvgIpc) is 2.76. The minimum absolute atomic E-state index is 0.0243. The number of hydrogen-bond donors (Lipinski definition) is 1. The zero-order valence-corrected chi connectivity index (χ0v) is 10.5. The van der Waals surface area contributed by atoms with Gasteiger partial charge in [-0.25, -0.2) is 0 Å². The minimum Gasteiger partial charge on any atom is -0.334 e. The van der Waals surface area contributed by atoms with Crippen molar-refractivity contribution in [1.29, 1.82) is 0 Å². The third-order valence-corrected chi connectivity index (χ3v) is 3.51. The molecular formula is C12H20N4O. The Hall–Kier alpha value is -1.36. The van der Waals surface area contributed by atoms with E-state index in [4.69, 9.17) is 5.73 Å². The maximum atomic E-state index is 12.3. The molecule has 0 aliphatic carbocycles. The van der Waals surface area contributed by atoms with E-state index in [9.17, 15) is 4.79 Å². The maximum absolute atomic E-state index is 12.3. The molecule has 0 saturated carbocycles. The van der Waals surface area contributed by atoms with Crippen molar-refractivity contribution >= 4 is 5.91 Å². The molecule has 2 heterocycles. The fourth-order valence-electron chi connectivity index (χ4n) is 2.33. The van der Waals surface area contributed by atoms with E-state index in [1.54, 1.807) is 16.9 Å². The second kappa shape index (κ2) is 4.87. The number of aromatic nitrogens is 2. The lowest BCUT2D eigenvalue weighted by atomic mass is 9.93. The molecule has 0 aromatic carbocycles. The van der Waals surface area contributed by atoms with Crippen LogP contribution < -0.4 is 5.73 Å². The van der Waals surface area contributed by atoms with Crippen molar-refractivity contribution in [1.82, 2.24) is 14.7 Å². The SMILES string of the molecule is CC1CCC(CN)CN1C(=O)c1ccn(C)n1. The van der Waals surface area contributed by atoms with Crippen LogP contribution in [0, 0.1) is 5.92 Å². The van der Waals surface area contributed by atoms with Crippen LogP contribution in [-0.2, 0) is 7.05 Å². The van der Waals surface area contributed by atoms with Crippen LogP contribution in [0.5, 0.6) is 0 Å². The highest BCUT2D eigenvalue weighted by Crippen LogP contribution is 2.22. The summed E-state index contributed by atoms with van der Waals surface area (Å²) in [6.07, 6.45) is 3.94. The Morgan fingerprint density at radius 2 is 2.35 bits per heavy atom. The van der Waals surface area contributed by atoms with E-state index in [1.807, 2.05) is 11.9 Å². The lowest BCUT2D eigenvalue weighted by Gasteiger charge is -2.37. The van der Waals surface area contributed by atoms with Crippen LogP contribution in [0.2, 0.25) is 0 Å². The van der Waals surface area contributed by atoms with Crippen LogP contribution >= 0.6 is 0 Å². The van der Waals surface area contributed by atoms with Gasteiger partial charge < -0.3 is 10.6 Å². The molecule has 1 aromatic heterocycles. The molecule has 1 fully saturated rings. The topological polar surface area (TPSA) is 64.2 Å². The number of aryl methyl sites for hydroxylation is 1. The highest BCUT2D eigenvalue weighted by Gasteiger charge is 2.29. The van der Waals surface area contributed by atoms with Crippen LogP contribution in [-0.4, -0.2) is 39.7 Å². The Bertz CT molecular complexity index is 401. The number of carbonyl (C=O) groups is 1. The predicted molar refractivity (Wildman–Crippen MR) is 65.5 cm³/mol. The summed E-state index contributed by atoms with van der Waals surface area (Å²) in [5.74, 6) is 0.454. The summed E-state index contributed by atoms with van der Waals surface area (Å²) in [6.45, 7) is 3.50. The van der Waals surface area contributed by atoms with E-state index in [1.165, 1.54) is 0 Å². The van der Waals surface area contributed by atoms with Gasteiger partial charge in [0.15, 0.2) is 0 Å². The summed E-state index contributed by atoms with van der Waals surface area (Å²) in [4.78, 5) is 14.2. The number of nitrogens with two attached hydrogens (primary N) is 1. The summed E-state index contributed by atoms with van der Waals surface area (Å²) in [5, 5.41) is 4.17. The molecule has 5 heteroatoms. The van der Waals surface area contributed by atoms with Crippen LogP contribution in [0.1, 0.15) is 30.3 Å². The van der Waals surface area contributed by atoms with Gasteiger partial charge >= 0.3 is 0 Å². The van der Waals surface area contributed by atoms with Gasteiger partial charge in [0.25, 0.3) is 5.91 Å². The van der Waals surface area contributed by atoms with Crippen LogP contribution in [0.4, 0.5) is 0 Å². The van der Waals surface area contributed by atoms with Gasteiger partial charge in [-0.1, -0.05) is 0 Å². The molecule has 17 heavy (non-hydrogen) atoms. The molecule has 1 aliphatic heterocycles. The van der Waals surface area contributed by atoms with Crippen LogP contribution in [0.3, 0.4) is 0 Å². The summed E-state index contributed by atoms with van der Waals surface area (Å²) in [7, 11) is 1.82. The molecule has 2 atom stereocenters. The van der Waals surface area contributed by atoms with Gasteiger partial charge in [-0.2, -0.15) is 5.10 Å². The molecule has 1 aromatic rings. The van der Waals surface area contributed by atoms with Gasteiger partial charge in [-0.3, -0.25) is 9.48 Å². The molecule has 0 radical (unpaired) electrons. The Morgan fingerprint density at radius 3 is 2.94 bits per heavy atom. The van der Waals surface area contributed by atoms with Crippen molar-refractivity contribution in [2.24, 2.45) is 18.7 Å². The van der Waals surface area contributed by atoms with E-state index < -0.39 is 0 Å². The van der Waals surface area contributed by atoms with Crippen molar-refractivity contribution in [3.63, 3.8) is 0 Å². The average molecular weight is 236 g/mol. The fraction of sp³-hybridized carbons (Fsp3) is 0.667. The van der Waals surface area contributed by atoms with Crippen molar-refractivity contribution in [3.8, 4) is 0 Å². The van der Waals surface area contributed by atoms with Gasteiger partial charge in [-0.05, 0) is 38.3 Å². The minimum atomic E-state index is 0.0243. The maximum Gasteiger partial charge on any atom is 0.274 e. The van der Waals surface area contributed by atoms with Crippen molar-refractivity contribution in [3.05, 3.63) is 18.0 Å². The van der Waals surface area contributed by atoms with E-state index in [0.29, 0.717) is 18.2 Å². The number of piperidine rings is 1. The second-order valence-electron chi connectivity index (χ2n) is 4.86. The molecular weight excluding hydrogens is 216 g/mol. The molecule has 94 valence electrons. The van der Waals surface area contributed by atoms with Gasteiger partial charge in [0.05, 0.1) is 0 Å². The van der Waals surface area contributed by atoms with Crippen molar-refractivity contribution in [2.45, 2.75) is 25.8 Å².